The number of halogens is 1. The molecule has 2 rings (SSSR count). The molecule has 0 radical (unpaired) electrons. The van der Waals surface area contributed by atoms with Gasteiger partial charge in [0, 0.05) is 12.2 Å². The van der Waals surface area contributed by atoms with Crippen molar-refractivity contribution in [2.24, 2.45) is 0 Å². The molecule has 0 unspecified atom stereocenters. The average molecular weight is 336 g/mol. The largest absolute Gasteiger partial charge is 0.507 e. The van der Waals surface area contributed by atoms with Crippen LogP contribution in [0.4, 0.5) is 5.69 Å². The van der Waals surface area contributed by atoms with Gasteiger partial charge in [0.2, 0.25) is 0 Å². The molecular formula is C15H14BrNO3. The predicted octanol–water partition coefficient (Wildman–Crippen LogP) is 3.55. The van der Waals surface area contributed by atoms with E-state index in [9.17, 15) is 9.90 Å². The number of methoxy groups -OCH3 is 1. The number of phenolic OH excluding ortho intramolecular Hbond substituents is 1. The third-order valence-electron chi connectivity index (χ3n) is 2.79. The number of esters is 1. The van der Waals surface area contributed by atoms with Gasteiger partial charge in [-0.3, -0.25) is 0 Å². The Morgan fingerprint density at radius 3 is 2.80 bits per heavy atom. The van der Waals surface area contributed by atoms with E-state index < -0.39 is 0 Å². The summed E-state index contributed by atoms with van der Waals surface area (Å²) < 4.78 is 5.34. The van der Waals surface area contributed by atoms with Crippen molar-refractivity contribution in [2.75, 3.05) is 12.4 Å². The summed E-state index contributed by atoms with van der Waals surface area (Å²) in [6.45, 7) is 0.587. The maximum absolute atomic E-state index is 11.4. The minimum atomic E-state index is -0.360. The molecule has 0 atom stereocenters. The van der Waals surface area contributed by atoms with E-state index in [1.165, 1.54) is 7.11 Å². The van der Waals surface area contributed by atoms with Gasteiger partial charge in [-0.2, -0.15) is 0 Å². The topological polar surface area (TPSA) is 58.6 Å². The van der Waals surface area contributed by atoms with E-state index in [1.54, 1.807) is 24.3 Å². The number of hydrogen-bond acceptors (Lipinski definition) is 4. The number of anilines is 1. The molecule has 0 amide bonds. The lowest BCUT2D eigenvalue weighted by Crippen LogP contribution is -2.03. The fraction of sp³-hybridized carbons (Fsp3) is 0.133. The normalized spacial score (nSPS) is 10.1. The molecule has 2 aromatic carbocycles. The molecule has 2 aromatic rings. The predicted molar refractivity (Wildman–Crippen MR) is 80.9 cm³/mol. The van der Waals surface area contributed by atoms with Crippen molar-refractivity contribution >= 4 is 27.6 Å². The smallest absolute Gasteiger partial charge is 0.337 e. The molecule has 104 valence electrons. The lowest BCUT2D eigenvalue weighted by atomic mass is 10.2. The number of carbonyl (C=O) groups excluding carboxylic acids is 1. The van der Waals surface area contributed by atoms with Crippen LogP contribution in [0, 0.1) is 0 Å². The maximum atomic E-state index is 11.4. The van der Waals surface area contributed by atoms with E-state index in [4.69, 9.17) is 0 Å². The minimum absolute atomic E-state index is 0.210. The Morgan fingerprint density at radius 2 is 2.10 bits per heavy atom. The molecule has 0 fully saturated rings. The van der Waals surface area contributed by atoms with Gasteiger partial charge in [-0.15, -0.1) is 0 Å². The highest BCUT2D eigenvalue weighted by molar-refractivity contribution is 9.10. The van der Waals surface area contributed by atoms with Crippen LogP contribution in [0.1, 0.15) is 15.9 Å². The van der Waals surface area contributed by atoms with E-state index in [0.29, 0.717) is 16.6 Å². The molecule has 0 saturated carbocycles. The molecule has 0 aromatic heterocycles. The number of benzene rings is 2. The second kappa shape index (κ2) is 6.43. The highest BCUT2D eigenvalue weighted by atomic mass is 79.9. The lowest BCUT2D eigenvalue weighted by Gasteiger charge is -2.08. The summed E-state index contributed by atoms with van der Waals surface area (Å²) in [5, 5.41) is 12.7. The van der Waals surface area contributed by atoms with E-state index in [1.807, 2.05) is 18.2 Å². The fourth-order valence-electron chi connectivity index (χ4n) is 1.74. The van der Waals surface area contributed by atoms with Crippen molar-refractivity contribution in [3.8, 4) is 5.75 Å². The number of carbonyl (C=O) groups is 1. The molecule has 0 heterocycles. The van der Waals surface area contributed by atoms with Crippen LogP contribution in [0.5, 0.6) is 5.75 Å². The molecule has 2 N–H and O–H groups in total. The van der Waals surface area contributed by atoms with Gasteiger partial charge in [0.05, 0.1) is 17.1 Å². The maximum Gasteiger partial charge on any atom is 0.337 e. The van der Waals surface area contributed by atoms with Crippen LogP contribution < -0.4 is 5.32 Å². The van der Waals surface area contributed by atoms with Gasteiger partial charge in [-0.1, -0.05) is 12.1 Å². The first-order valence-electron chi connectivity index (χ1n) is 6.00. The minimum Gasteiger partial charge on any atom is -0.507 e. The van der Waals surface area contributed by atoms with Crippen LogP contribution in [0.2, 0.25) is 0 Å². The van der Waals surface area contributed by atoms with Crippen LogP contribution in [-0.2, 0) is 11.3 Å². The summed E-state index contributed by atoms with van der Waals surface area (Å²) in [5.41, 5.74) is 2.35. The fourth-order valence-corrected chi connectivity index (χ4v) is 2.16. The van der Waals surface area contributed by atoms with Crippen molar-refractivity contribution in [1.29, 1.82) is 0 Å². The van der Waals surface area contributed by atoms with Crippen molar-refractivity contribution < 1.29 is 14.6 Å². The second-order valence-corrected chi connectivity index (χ2v) is 5.07. The van der Waals surface area contributed by atoms with Gasteiger partial charge in [0.25, 0.3) is 0 Å². The molecule has 5 heteroatoms. The Bertz CT molecular complexity index is 628. The third kappa shape index (κ3) is 3.51. The van der Waals surface area contributed by atoms with Crippen LogP contribution >= 0.6 is 15.9 Å². The molecule has 4 nitrogen and oxygen atoms in total. The molecule has 0 aliphatic carbocycles. The average Bonchev–Trinajstić information content (AvgIpc) is 2.48. The summed E-state index contributed by atoms with van der Waals surface area (Å²) in [4.78, 5) is 11.4. The summed E-state index contributed by atoms with van der Waals surface area (Å²) >= 11 is 3.27. The summed E-state index contributed by atoms with van der Waals surface area (Å²) in [7, 11) is 1.36. The Kier molecular flexibility index (Phi) is 4.63. The lowest BCUT2D eigenvalue weighted by molar-refractivity contribution is 0.0601. The zero-order valence-electron chi connectivity index (χ0n) is 10.9. The van der Waals surface area contributed by atoms with Crippen molar-refractivity contribution in [3.05, 3.63) is 58.1 Å². The van der Waals surface area contributed by atoms with Crippen LogP contribution in [0.3, 0.4) is 0 Å². The van der Waals surface area contributed by atoms with E-state index in [-0.39, 0.29) is 11.7 Å². The molecule has 0 aliphatic rings. The Morgan fingerprint density at radius 1 is 1.30 bits per heavy atom. The quantitative estimate of drug-likeness (QED) is 0.839. The summed E-state index contributed by atoms with van der Waals surface area (Å²) in [5.74, 6) is -0.150. The second-order valence-electron chi connectivity index (χ2n) is 4.21. The number of aromatic hydroxyl groups is 1. The molecular weight excluding hydrogens is 322 g/mol. The first-order chi connectivity index (χ1) is 9.60. The first kappa shape index (κ1) is 14.4. The molecule has 20 heavy (non-hydrogen) atoms. The number of ether oxygens (including phenoxy) is 1. The monoisotopic (exact) mass is 335 g/mol. The Hall–Kier alpha value is -2.01. The Labute approximate surface area is 125 Å². The summed E-state index contributed by atoms with van der Waals surface area (Å²) in [6, 6.07) is 12.4. The first-order valence-corrected chi connectivity index (χ1v) is 6.79. The standard InChI is InChI=1S/C15H14BrNO3/c1-20-15(19)11-3-2-4-12(8-11)17-9-10-5-6-14(18)13(16)7-10/h2-8,17-18H,9H2,1H3. The van der Waals surface area contributed by atoms with Gasteiger partial charge in [-0.05, 0) is 51.8 Å². The highest BCUT2D eigenvalue weighted by Crippen LogP contribution is 2.24. The van der Waals surface area contributed by atoms with E-state index in [0.717, 1.165) is 11.3 Å². The van der Waals surface area contributed by atoms with Crippen LogP contribution in [0.15, 0.2) is 46.9 Å². The highest BCUT2D eigenvalue weighted by Gasteiger charge is 2.05. The number of rotatable bonds is 4. The van der Waals surface area contributed by atoms with Gasteiger partial charge < -0.3 is 15.2 Å². The van der Waals surface area contributed by atoms with Gasteiger partial charge in [0.1, 0.15) is 5.75 Å². The zero-order valence-corrected chi connectivity index (χ0v) is 12.5. The van der Waals surface area contributed by atoms with E-state index in [2.05, 4.69) is 26.0 Å². The number of phenols is 1. The van der Waals surface area contributed by atoms with Gasteiger partial charge in [-0.25, -0.2) is 4.79 Å². The zero-order chi connectivity index (χ0) is 14.5. The van der Waals surface area contributed by atoms with Gasteiger partial charge >= 0.3 is 5.97 Å². The molecule has 0 aliphatic heterocycles. The molecule has 0 bridgehead atoms. The van der Waals surface area contributed by atoms with Crippen molar-refractivity contribution in [1.82, 2.24) is 0 Å². The van der Waals surface area contributed by atoms with Crippen LogP contribution in [0.25, 0.3) is 0 Å². The van der Waals surface area contributed by atoms with Gasteiger partial charge in [0.15, 0.2) is 0 Å². The molecule has 0 saturated heterocycles. The van der Waals surface area contributed by atoms with Crippen molar-refractivity contribution in [2.45, 2.75) is 6.54 Å². The molecule has 0 spiro atoms. The Balaban J connectivity index is 2.07. The van der Waals surface area contributed by atoms with Crippen LogP contribution in [-0.4, -0.2) is 18.2 Å². The number of hydrogen-bond donors (Lipinski definition) is 2. The third-order valence-corrected chi connectivity index (χ3v) is 3.43. The van der Waals surface area contributed by atoms with Crippen molar-refractivity contribution in [3.63, 3.8) is 0 Å². The number of nitrogens with one attached hydrogen (secondary N) is 1. The SMILES string of the molecule is COC(=O)c1cccc(NCc2ccc(O)c(Br)c2)c1. The summed E-state index contributed by atoms with van der Waals surface area (Å²) in [6.07, 6.45) is 0. The van der Waals surface area contributed by atoms with E-state index >= 15 is 0 Å².